The number of fused-ring (bicyclic) bond motifs is 1. The second-order valence-electron chi connectivity index (χ2n) is 10.2. The zero-order chi connectivity index (χ0) is 29.8. The Balaban J connectivity index is 1.36. The number of nitrogens with zero attached hydrogens (tertiary/aromatic N) is 8. The average Bonchev–Trinajstić information content (AvgIpc) is 3.51. The van der Waals surface area contributed by atoms with Gasteiger partial charge in [-0.15, -0.1) is 5.10 Å². The van der Waals surface area contributed by atoms with Crippen molar-refractivity contribution in [3.63, 3.8) is 0 Å². The van der Waals surface area contributed by atoms with Crippen LogP contribution in [-0.2, 0) is 12.7 Å². The van der Waals surface area contributed by atoms with Crippen molar-refractivity contribution in [2.75, 3.05) is 0 Å². The third-order valence-corrected chi connectivity index (χ3v) is 6.84. The Morgan fingerprint density at radius 2 is 1.79 bits per heavy atom. The molecule has 218 valence electrons. The fraction of sp³-hybridized carbons (Fsp3) is 0.333. The van der Waals surface area contributed by atoms with E-state index in [4.69, 9.17) is 0 Å². The minimum Gasteiger partial charge on any atom is -0.416 e. The van der Waals surface area contributed by atoms with Crippen LogP contribution in [0.5, 0.6) is 5.88 Å². The van der Waals surface area contributed by atoms with Crippen LogP contribution in [0, 0.1) is 0 Å². The zero-order valence-electron chi connectivity index (χ0n) is 22.3. The van der Waals surface area contributed by atoms with E-state index in [1.807, 2.05) is 0 Å². The van der Waals surface area contributed by atoms with Crippen LogP contribution in [0.2, 0.25) is 0 Å². The van der Waals surface area contributed by atoms with Gasteiger partial charge in [0.25, 0.3) is 5.56 Å². The molecule has 0 N–H and O–H groups in total. The average molecular weight is 587 g/mol. The molecule has 0 bridgehead atoms. The molecule has 1 aromatic carbocycles. The minimum atomic E-state index is -4.58. The van der Waals surface area contributed by atoms with Crippen molar-refractivity contribution in [1.29, 1.82) is 0 Å². The molecule has 0 saturated heterocycles. The molecule has 0 aliphatic heterocycles. The Labute approximate surface area is 234 Å². The summed E-state index contributed by atoms with van der Waals surface area (Å²) in [6.45, 7) is 0.451. The summed E-state index contributed by atoms with van der Waals surface area (Å²) in [6, 6.07) is 7.66. The summed E-state index contributed by atoms with van der Waals surface area (Å²) in [5.41, 5.74) is 0.390. The van der Waals surface area contributed by atoms with Crippen molar-refractivity contribution in [2.45, 2.75) is 58.0 Å². The van der Waals surface area contributed by atoms with E-state index in [1.165, 1.54) is 25.9 Å². The molecule has 4 aromatic heterocycles. The Kier molecular flexibility index (Phi) is 6.74. The van der Waals surface area contributed by atoms with E-state index in [0.717, 1.165) is 25.4 Å². The van der Waals surface area contributed by atoms with Crippen molar-refractivity contribution in [3.05, 3.63) is 76.4 Å². The molecule has 1 aliphatic rings. The highest BCUT2D eigenvalue weighted by molar-refractivity contribution is 5.67. The fourth-order valence-electron chi connectivity index (χ4n) is 4.69. The Bertz CT molecular complexity index is 1820. The second kappa shape index (κ2) is 10.3. The second-order valence-corrected chi connectivity index (χ2v) is 10.2. The number of halogens is 5. The Morgan fingerprint density at radius 1 is 1.05 bits per heavy atom. The zero-order valence-corrected chi connectivity index (χ0v) is 22.3. The van der Waals surface area contributed by atoms with Gasteiger partial charge in [0.05, 0.1) is 12.2 Å². The van der Waals surface area contributed by atoms with E-state index in [2.05, 4.69) is 29.8 Å². The van der Waals surface area contributed by atoms with Crippen LogP contribution in [0.3, 0.4) is 0 Å². The molecular formula is C27H23F5N8O2. The molecular weight excluding hydrogens is 563 g/mol. The van der Waals surface area contributed by atoms with Gasteiger partial charge >= 0.3 is 12.8 Å². The van der Waals surface area contributed by atoms with Crippen LogP contribution in [0.25, 0.3) is 28.6 Å². The Hall–Kier alpha value is -4.69. The van der Waals surface area contributed by atoms with Crippen LogP contribution >= 0.6 is 0 Å². The molecule has 1 aliphatic carbocycles. The van der Waals surface area contributed by atoms with Gasteiger partial charge in [0.1, 0.15) is 17.7 Å². The molecule has 10 nitrogen and oxygen atoms in total. The van der Waals surface area contributed by atoms with Crippen molar-refractivity contribution < 1.29 is 26.7 Å². The van der Waals surface area contributed by atoms with Gasteiger partial charge in [-0.25, -0.2) is 19.5 Å². The third-order valence-electron chi connectivity index (χ3n) is 6.84. The summed E-state index contributed by atoms with van der Waals surface area (Å²) < 4.78 is 75.0. The molecule has 0 atom stereocenters. The van der Waals surface area contributed by atoms with E-state index in [0.29, 0.717) is 16.8 Å². The molecule has 0 radical (unpaired) electrons. The molecule has 6 rings (SSSR count). The first-order chi connectivity index (χ1) is 20.0. The summed E-state index contributed by atoms with van der Waals surface area (Å²) >= 11 is 0. The number of imidazole rings is 1. The number of aromatic nitrogens is 8. The first-order valence-electron chi connectivity index (χ1n) is 13.0. The topological polar surface area (TPSA) is 105 Å². The minimum absolute atomic E-state index is 0.0313. The van der Waals surface area contributed by atoms with Crippen molar-refractivity contribution in [3.8, 4) is 28.7 Å². The number of hydrogen-bond donors (Lipinski definition) is 0. The monoisotopic (exact) mass is 586 g/mol. The lowest BCUT2D eigenvalue weighted by atomic mass is 10.1. The first kappa shape index (κ1) is 27.5. The quantitative estimate of drug-likeness (QED) is 0.226. The predicted octanol–water partition coefficient (Wildman–Crippen LogP) is 5.34. The summed E-state index contributed by atoms with van der Waals surface area (Å²) in [5.74, 6) is 0.0253. The van der Waals surface area contributed by atoms with E-state index in [9.17, 15) is 26.7 Å². The largest absolute Gasteiger partial charge is 0.434 e. The van der Waals surface area contributed by atoms with Gasteiger partial charge in [0.15, 0.2) is 11.5 Å². The highest BCUT2D eigenvalue weighted by Gasteiger charge is 2.35. The molecule has 42 heavy (non-hydrogen) atoms. The maximum atomic E-state index is 13.3. The van der Waals surface area contributed by atoms with Crippen LogP contribution in [0.15, 0.2) is 53.8 Å². The van der Waals surface area contributed by atoms with Gasteiger partial charge < -0.3 is 9.30 Å². The fourth-order valence-corrected chi connectivity index (χ4v) is 4.69. The van der Waals surface area contributed by atoms with Crippen molar-refractivity contribution in [2.24, 2.45) is 0 Å². The number of rotatable bonds is 8. The Morgan fingerprint density at radius 3 is 2.43 bits per heavy atom. The maximum absolute atomic E-state index is 13.3. The van der Waals surface area contributed by atoms with Gasteiger partial charge in [-0.2, -0.15) is 26.9 Å². The normalized spacial score (nSPS) is 13.9. The number of hydrogen-bond acceptors (Lipinski definition) is 7. The third kappa shape index (κ3) is 5.21. The van der Waals surface area contributed by atoms with Gasteiger partial charge in [-0.3, -0.25) is 9.36 Å². The summed E-state index contributed by atoms with van der Waals surface area (Å²) in [5, 5.41) is 4.41. The molecule has 0 unspecified atom stereocenters. The standard InChI is InChI=1S/C27H23F5N8O2/c1-14(2)38-12-18(27(30,31)32)35-23(38)17-5-3-15(4-6-17)11-39-19(41)9-10-40-26(39)36-22(37-40)20-21(16-7-8-16)33-13-34-24(20)42-25(28)29/h3-6,9-10,12-14,16,25H,7-8,11H2,1-2H3. The molecule has 1 saturated carbocycles. The van der Waals surface area contributed by atoms with Gasteiger partial charge in [0.2, 0.25) is 11.7 Å². The smallest absolute Gasteiger partial charge is 0.416 e. The van der Waals surface area contributed by atoms with Crippen LogP contribution in [0.1, 0.15) is 55.6 Å². The molecule has 0 amide bonds. The summed E-state index contributed by atoms with van der Waals surface area (Å²) in [7, 11) is 0. The van der Waals surface area contributed by atoms with E-state index in [-0.39, 0.29) is 47.4 Å². The lowest BCUT2D eigenvalue weighted by Gasteiger charge is -2.12. The first-order valence-corrected chi connectivity index (χ1v) is 13.0. The number of benzene rings is 1. The molecule has 15 heteroatoms. The van der Waals surface area contributed by atoms with Gasteiger partial charge in [0, 0.05) is 36.0 Å². The molecule has 0 spiro atoms. The van der Waals surface area contributed by atoms with E-state index < -0.39 is 24.0 Å². The van der Waals surface area contributed by atoms with Gasteiger partial charge in [-0.1, -0.05) is 24.3 Å². The molecule has 1 fully saturated rings. The predicted molar refractivity (Wildman–Crippen MR) is 139 cm³/mol. The summed E-state index contributed by atoms with van der Waals surface area (Å²) in [4.78, 5) is 29.3. The maximum Gasteiger partial charge on any atom is 0.434 e. The van der Waals surface area contributed by atoms with Crippen LogP contribution in [0.4, 0.5) is 22.0 Å². The number of alkyl halides is 5. The summed E-state index contributed by atoms with van der Waals surface area (Å²) in [6.07, 6.45) is 0.612. The lowest BCUT2D eigenvalue weighted by molar-refractivity contribution is -0.140. The highest BCUT2D eigenvalue weighted by atomic mass is 19.4. The van der Waals surface area contributed by atoms with Crippen LogP contribution < -0.4 is 10.3 Å². The van der Waals surface area contributed by atoms with Crippen molar-refractivity contribution >= 4 is 5.78 Å². The van der Waals surface area contributed by atoms with Gasteiger partial charge in [-0.05, 0) is 32.3 Å². The van der Waals surface area contributed by atoms with Crippen molar-refractivity contribution in [1.82, 2.24) is 38.7 Å². The SMILES string of the molecule is CC(C)n1cc(C(F)(F)F)nc1-c1ccc(Cn2c(=O)ccn3nc(-c4c(OC(F)F)ncnc4C4CC4)nc23)cc1. The molecule has 5 aromatic rings. The highest BCUT2D eigenvalue weighted by Crippen LogP contribution is 2.45. The van der Waals surface area contributed by atoms with Crippen LogP contribution in [-0.4, -0.2) is 45.3 Å². The molecule has 4 heterocycles. The lowest BCUT2D eigenvalue weighted by Crippen LogP contribution is -2.22. The van der Waals surface area contributed by atoms with E-state index >= 15 is 0 Å². The van der Waals surface area contributed by atoms with E-state index in [1.54, 1.807) is 38.1 Å². The number of ether oxygens (including phenoxy) is 1.